The predicted molar refractivity (Wildman–Crippen MR) is 140 cm³/mol. The summed E-state index contributed by atoms with van der Waals surface area (Å²) in [6, 6.07) is 15.6. The number of carbonyl (C=O) groups is 1. The normalized spacial score (nSPS) is 14.5. The van der Waals surface area contributed by atoms with Crippen molar-refractivity contribution in [3.8, 4) is 16.9 Å². The second kappa shape index (κ2) is 9.96. The Bertz CT molecular complexity index is 1290. The number of nitrogens with zero attached hydrogens (tertiary/aromatic N) is 3. The van der Waals surface area contributed by atoms with E-state index in [0.29, 0.717) is 17.4 Å². The van der Waals surface area contributed by atoms with Crippen molar-refractivity contribution in [1.82, 2.24) is 14.8 Å². The van der Waals surface area contributed by atoms with Gasteiger partial charge in [-0.2, -0.15) is 0 Å². The summed E-state index contributed by atoms with van der Waals surface area (Å²) >= 11 is 0. The summed E-state index contributed by atoms with van der Waals surface area (Å²) in [4.78, 5) is 29.6. The molecular formula is C28H34N4O3. The smallest absolute Gasteiger partial charge is 0.252 e. The number of rotatable bonds is 7. The molecule has 1 atom stereocenters. The fourth-order valence-electron chi connectivity index (χ4n) is 4.32. The van der Waals surface area contributed by atoms with E-state index < -0.39 is 0 Å². The first-order valence-corrected chi connectivity index (χ1v) is 11.8. The molecule has 0 aliphatic carbocycles. The summed E-state index contributed by atoms with van der Waals surface area (Å²) in [6.45, 7) is 5.86. The van der Waals surface area contributed by atoms with Crippen LogP contribution in [0.15, 0.2) is 59.5 Å². The van der Waals surface area contributed by atoms with Crippen LogP contribution in [-0.2, 0) is 7.05 Å². The lowest BCUT2D eigenvalue weighted by Gasteiger charge is -2.44. The molecule has 0 radical (unpaired) electrons. The standard InChI is InChI=1S/C28H34N4O3/c1-18-7-9-23(32-16-24(17-32)30(3)4)14-26(18)28(34)29-19(2)21-11-22(13-25(12-21)35-6)20-8-10-27(33)31(5)15-20/h7-15,19,24H,16-17H2,1-6H3,(H,29,34)/t19-/m1/s1. The molecule has 1 fully saturated rings. The lowest BCUT2D eigenvalue weighted by molar-refractivity contribution is 0.0939. The van der Waals surface area contributed by atoms with Crippen molar-refractivity contribution in [2.24, 2.45) is 7.05 Å². The van der Waals surface area contributed by atoms with Crippen molar-refractivity contribution < 1.29 is 9.53 Å². The number of hydrogen-bond acceptors (Lipinski definition) is 5. The van der Waals surface area contributed by atoms with Gasteiger partial charge >= 0.3 is 0 Å². The molecule has 2 aromatic carbocycles. The van der Waals surface area contributed by atoms with Crippen LogP contribution in [0, 0.1) is 6.92 Å². The number of anilines is 1. The number of nitrogens with one attached hydrogen (secondary N) is 1. The average Bonchev–Trinajstić information content (AvgIpc) is 2.80. The fourth-order valence-corrected chi connectivity index (χ4v) is 4.32. The molecule has 2 heterocycles. The quantitative estimate of drug-likeness (QED) is 0.567. The molecular weight excluding hydrogens is 440 g/mol. The maximum Gasteiger partial charge on any atom is 0.252 e. The maximum atomic E-state index is 13.3. The number of ether oxygens (including phenoxy) is 1. The Hall–Kier alpha value is -3.58. The van der Waals surface area contributed by atoms with Crippen LogP contribution in [0.1, 0.15) is 34.5 Å². The van der Waals surface area contributed by atoms with E-state index in [9.17, 15) is 9.59 Å². The molecule has 184 valence electrons. The molecule has 1 aliphatic rings. The van der Waals surface area contributed by atoms with Gasteiger partial charge in [0.2, 0.25) is 5.56 Å². The zero-order chi connectivity index (χ0) is 25.3. The van der Waals surface area contributed by atoms with Gasteiger partial charge in [-0.05, 0) is 86.6 Å². The van der Waals surface area contributed by atoms with Gasteiger partial charge in [-0.15, -0.1) is 0 Å². The number of likely N-dealkylation sites (N-methyl/N-ethyl adjacent to an activating group) is 1. The topological polar surface area (TPSA) is 66.8 Å². The van der Waals surface area contributed by atoms with E-state index in [1.165, 1.54) is 0 Å². The van der Waals surface area contributed by atoms with Gasteiger partial charge in [-0.25, -0.2) is 0 Å². The van der Waals surface area contributed by atoms with E-state index >= 15 is 0 Å². The monoisotopic (exact) mass is 474 g/mol. The van der Waals surface area contributed by atoms with Crippen LogP contribution in [-0.4, -0.2) is 55.7 Å². The molecule has 1 N–H and O–H groups in total. The van der Waals surface area contributed by atoms with Gasteiger partial charge in [0, 0.05) is 49.7 Å². The summed E-state index contributed by atoms with van der Waals surface area (Å²) in [5.74, 6) is 0.590. The minimum Gasteiger partial charge on any atom is -0.497 e. The lowest BCUT2D eigenvalue weighted by Crippen LogP contribution is -2.57. The third-order valence-corrected chi connectivity index (χ3v) is 6.85. The van der Waals surface area contributed by atoms with Crippen LogP contribution >= 0.6 is 0 Å². The number of aromatic nitrogens is 1. The van der Waals surface area contributed by atoms with Gasteiger partial charge < -0.3 is 24.4 Å². The van der Waals surface area contributed by atoms with Crippen LogP contribution in [0.5, 0.6) is 5.75 Å². The molecule has 3 aromatic rings. The highest BCUT2D eigenvalue weighted by Crippen LogP contribution is 2.29. The molecule has 7 nitrogen and oxygen atoms in total. The van der Waals surface area contributed by atoms with Crippen molar-refractivity contribution in [2.45, 2.75) is 25.9 Å². The van der Waals surface area contributed by atoms with Gasteiger partial charge in [0.05, 0.1) is 13.2 Å². The number of pyridine rings is 1. The Kier molecular flexibility index (Phi) is 6.98. The SMILES string of the molecule is COc1cc(-c2ccc(=O)n(C)c2)cc([C@@H](C)NC(=O)c2cc(N3CC(N(C)C)C3)ccc2C)c1. The van der Waals surface area contributed by atoms with Crippen molar-refractivity contribution in [3.63, 3.8) is 0 Å². The van der Waals surface area contributed by atoms with E-state index in [0.717, 1.165) is 41.0 Å². The van der Waals surface area contributed by atoms with Gasteiger partial charge in [0.15, 0.2) is 0 Å². The third-order valence-electron chi connectivity index (χ3n) is 6.85. The number of aryl methyl sites for hydroxylation is 2. The van der Waals surface area contributed by atoms with Gasteiger partial charge in [0.25, 0.3) is 5.91 Å². The molecule has 0 bridgehead atoms. The Morgan fingerprint density at radius 1 is 1.09 bits per heavy atom. The Morgan fingerprint density at radius 3 is 2.49 bits per heavy atom. The summed E-state index contributed by atoms with van der Waals surface area (Å²) in [5, 5.41) is 3.16. The molecule has 1 amide bonds. The first kappa shape index (κ1) is 24.5. The molecule has 35 heavy (non-hydrogen) atoms. The Morgan fingerprint density at radius 2 is 1.83 bits per heavy atom. The molecule has 7 heteroatoms. The molecule has 0 spiro atoms. The van der Waals surface area contributed by atoms with E-state index in [1.54, 1.807) is 37.1 Å². The average molecular weight is 475 g/mol. The van der Waals surface area contributed by atoms with E-state index in [4.69, 9.17) is 4.74 Å². The minimum atomic E-state index is -0.242. The van der Waals surface area contributed by atoms with Crippen LogP contribution < -0.4 is 20.5 Å². The molecule has 0 saturated carbocycles. The number of carbonyl (C=O) groups excluding carboxylic acids is 1. The second-order valence-corrected chi connectivity index (χ2v) is 9.58. The molecule has 4 rings (SSSR count). The zero-order valence-corrected chi connectivity index (χ0v) is 21.3. The van der Waals surface area contributed by atoms with Gasteiger partial charge in [0.1, 0.15) is 5.75 Å². The van der Waals surface area contributed by atoms with Crippen LogP contribution in [0.2, 0.25) is 0 Å². The highest BCUT2D eigenvalue weighted by molar-refractivity contribution is 5.97. The number of benzene rings is 2. The largest absolute Gasteiger partial charge is 0.497 e. The first-order chi connectivity index (χ1) is 16.7. The van der Waals surface area contributed by atoms with E-state index in [-0.39, 0.29) is 17.5 Å². The van der Waals surface area contributed by atoms with Gasteiger partial charge in [-0.1, -0.05) is 6.07 Å². The maximum absolute atomic E-state index is 13.3. The molecule has 0 unspecified atom stereocenters. The summed E-state index contributed by atoms with van der Waals surface area (Å²) in [7, 11) is 7.55. The van der Waals surface area contributed by atoms with Crippen LogP contribution in [0.4, 0.5) is 5.69 Å². The molecule has 1 aromatic heterocycles. The van der Waals surface area contributed by atoms with E-state index in [2.05, 4.69) is 35.3 Å². The van der Waals surface area contributed by atoms with Crippen LogP contribution in [0.3, 0.4) is 0 Å². The predicted octanol–water partition coefficient (Wildman–Crippen LogP) is 3.61. The summed E-state index contributed by atoms with van der Waals surface area (Å²) < 4.78 is 7.08. The summed E-state index contributed by atoms with van der Waals surface area (Å²) in [5.41, 5.74) is 5.38. The Balaban J connectivity index is 1.55. The zero-order valence-electron chi connectivity index (χ0n) is 21.3. The first-order valence-electron chi connectivity index (χ1n) is 11.8. The van der Waals surface area contributed by atoms with Crippen molar-refractivity contribution >= 4 is 11.6 Å². The fraction of sp³-hybridized carbons (Fsp3) is 0.357. The van der Waals surface area contributed by atoms with E-state index in [1.807, 2.05) is 44.2 Å². The highest BCUT2D eigenvalue weighted by atomic mass is 16.5. The lowest BCUT2D eigenvalue weighted by atomic mass is 9.99. The Labute approximate surface area is 206 Å². The molecule has 1 saturated heterocycles. The highest BCUT2D eigenvalue weighted by Gasteiger charge is 2.29. The number of methoxy groups -OCH3 is 1. The third kappa shape index (κ3) is 5.25. The van der Waals surface area contributed by atoms with Crippen molar-refractivity contribution in [2.75, 3.05) is 39.2 Å². The molecule has 1 aliphatic heterocycles. The second-order valence-electron chi connectivity index (χ2n) is 9.58. The number of amides is 1. The number of hydrogen-bond donors (Lipinski definition) is 1. The van der Waals surface area contributed by atoms with Crippen molar-refractivity contribution in [3.05, 3.63) is 81.8 Å². The van der Waals surface area contributed by atoms with Crippen LogP contribution in [0.25, 0.3) is 11.1 Å². The van der Waals surface area contributed by atoms with Crippen molar-refractivity contribution in [1.29, 1.82) is 0 Å². The summed E-state index contributed by atoms with van der Waals surface area (Å²) in [6.07, 6.45) is 1.80. The minimum absolute atomic E-state index is 0.0643. The van der Waals surface area contributed by atoms with Gasteiger partial charge in [-0.3, -0.25) is 9.59 Å².